The van der Waals surface area contributed by atoms with Gasteiger partial charge in [0.25, 0.3) is 0 Å². The first-order valence-corrected chi connectivity index (χ1v) is 9.97. The summed E-state index contributed by atoms with van der Waals surface area (Å²) in [4.78, 5) is 26.3. The number of aliphatic imine (C=N–C) groups is 1. The molecule has 31 heavy (non-hydrogen) atoms. The summed E-state index contributed by atoms with van der Waals surface area (Å²) in [6, 6.07) is 6.04. The molecule has 2 unspecified atom stereocenters. The first-order valence-electron chi connectivity index (χ1n) is 9.59. The van der Waals surface area contributed by atoms with Gasteiger partial charge in [-0.05, 0) is 37.6 Å². The lowest BCUT2D eigenvalue weighted by Gasteiger charge is -2.27. The number of amides is 1. The molecule has 0 aliphatic rings. The van der Waals surface area contributed by atoms with Crippen LogP contribution in [0.2, 0.25) is 5.02 Å². The molecule has 0 radical (unpaired) electrons. The largest absolute Gasteiger partial charge is 0.416 e. The van der Waals surface area contributed by atoms with E-state index in [2.05, 4.69) is 9.73 Å². The van der Waals surface area contributed by atoms with Crippen LogP contribution < -0.4 is 0 Å². The minimum absolute atomic E-state index is 0.0804. The van der Waals surface area contributed by atoms with E-state index in [9.17, 15) is 27.9 Å². The topological polar surface area (TPSA) is 79.2 Å². The minimum atomic E-state index is -4.82. The molecule has 0 aliphatic carbocycles. The van der Waals surface area contributed by atoms with E-state index >= 15 is 0 Å². The van der Waals surface area contributed by atoms with Crippen molar-refractivity contribution in [3.8, 4) is 0 Å². The summed E-state index contributed by atoms with van der Waals surface area (Å²) in [5.41, 5.74) is 0.448. The van der Waals surface area contributed by atoms with E-state index in [1.807, 2.05) is 13.8 Å². The van der Waals surface area contributed by atoms with Crippen molar-refractivity contribution in [1.29, 1.82) is 0 Å². The number of aliphatic hydroxyl groups is 1. The van der Waals surface area contributed by atoms with Crippen molar-refractivity contribution in [2.45, 2.75) is 58.9 Å². The lowest BCUT2D eigenvalue weighted by Crippen LogP contribution is -2.46. The van der Waals surface area contributed by atoms with Gasteiger partial charge in [0.1, 0.15) is 12.1 Å². The smallest absolute Gasteiger partial charge is 0.388 e. The zero-order valence-corrected chi connectivity index (χ0v) is 19.5. The molecule has 1 amide bonds. The number of benzene rings is 1. The molecule has 0 aliphatic heterocycles. The maximum absolute atomic E-state index is 12.7. The third kappa shape index (κ3) is 13.9. The molecule has 2 atom stereocenters. The standard InChI is InChI=1S/C16H20ClF3N2O2.C3H6O.C2H6O/c1-4-10(2)21-15(12-5-7-13(17)8-6-12)22(11(3)23)9-14(24)16(18,19)20;1-2-3-4;1-3-2/h5-8,10,14,24H,4,9H2,1-3H3;3H,2H2,1H3;1-2H3. The van der Waals surface area contributed by atoms with Gasteiger partial charge >= 0.3 is 6.18 Å². The summed E-state index contributed by atoms with van der Waals surface area (Å²) in [6.45, 7) is 5.68. The number of ether oxygens (including phenoxy) is 1. The van der Waals surface area contributed by atoms with Crippen LogP contribution in [0.3, 0.4) is 0 Å². The molecule has 0 bridgehead atoms. The van der Waals surface area contributed by atoms with Gasteiger partial charge in [0.15, 0.2) is 6.10 Å². The molecule has 0 saturated heterocycles. The molecule has 6 nitrogen and oxygen atoms in total. The molecule has 10 heteroatoms. The molecule has 1 rings (SSSR count). The van der Waals surface area contributed by atoms with Crippen LogP contribution in [0.25, 0.3) is 0 Å². The highest BCUT2D eigenvalue weighted by Crippen LogP contribution is 2.22. The van der Waals surface area contributed by atoms with E-state index in [-0.39, 0.29) is 11.9 Å². The van der Waals surface area contributed by atoms with Gasteiger partial charge in [-0.25, -0.2) is 0 Å². The lowest BCUT2D eigenvalue weighted by atomic mass is 10.1. The van der Waals surface area contributed by atoms with Gasteiger partial charge in [-0.15, -0.1) is 0 Å². The lowest BCUT2D eigenvalue weighted by molar-refractivity contribution is -0.205. The Kier molecular flexibility index (Phi) is 16.8. The van der Waals surface area contributed by atoms with Gasteiger partial charge in [-0.3, -0.25) is 14.7 Å². The fraction of sp³-hybridized carbons (Fsp3) is 0.571. The molecule has 1 aromatic carbocycles. The van der Waals surface area contributed by atoms with E-state index in [1.165, 1.54) is 0 Å². The maximum Gasteiger partial charge on any atom is 0.416 e. The molecule has 178 valence electrons. The van der Waals surface area contributed by atoms with Crippen molar-refractivity contribution in [1.82, 2.24) is 4.90 Å². The summed E-state index contributed by atoms with van der Waals surface area (Å²) in [5, 5.41) is 9.79. The Morgan fingerprint density at radius 1 is 1.26 bits per heavy atom. The summed E-state index contributed by atoms with van der Waals surface area (Å²) in [5.74, 6) is -0.563. The normalized spacial score (nSPS) is 13.1. The molecular formula is C21H32ClF3N2O4. The number of rotatable bonds is 6. The van der Waals surface area contributed by atoms with E-state index in [1.54, 1.807) is 45.4 Å². The highest BCUT2D eigenvalue weighted by Gasteiger charge is 2.40. The Bertz CT molecular complexity index is 668. The zero-order chi connectivity index (χ0) is 24.6. The van der Waals surface area contributed by atoms with Gasteiger partial charge in [0.2, 0.25) is 5.91 Å². The third-order valence-corrected chi connectivity index (χ3v) is 3.82. The second kappa shape index (κ2) is 16.7. The Balaban J connectivity index is 0. The zero-order valence-electron chi connectivity index (χ0n) is 18.7. The summed E-state index contributed by atoms with van der Waals surface area (Å²) in [6.07, 6.45) is -5.32. The van der Waals surface area contributed by atoms with E-state index < -0.39 is 24.7 Å². The van der Waals surface area contributed by atoms with Crippen LogP contribution in [0, 0.1) is 0 Å². The third-order valence-electron chi connectivity index (χ3n) is 3.57. The number of aliphatic hydroxyl groups excluding tert-OH is 1. The molecule has 0 saturated carbocycles. The number of hydrogen-bond acceptors (Lipinski definition) is 5. The number of alkyl halides is 3. The number of halogens is 4. The molecule has 0 fully saturated rings. The number of nitrogens with zero attached hydrogens (tertiary/aromatic N) is 2. The van der Waals surface area contributed by atoms with Crippen LogP contribution >= 0.6 is 11.6 Å². The number of aldehydes is 1. The van der Waals surface area contributed by atoms with Crippen LogP contribution in [-0.2, 0) is 14.3 Å². The molecular weight excluding hydrogens is 437 g/mol. The predicted molar refractivity (Wildman–Crippen MR) is 116 cm³/mol. The predicted octanol–water partition coefficient (Wildman–Crippen LogP) is 4.51. The SMILES string of the molecule is CCC(C)N=C(c1ccc(Cl)cc1)N(CC(O)C(F)(F)F)C(C)=O.CCC=O.COC. The van der Waals surface area contributed by atoms with Crippen LogP contribution in [0.1, 0.15) is 46.1 Å². The van der Waals surface area contributed by atoms with Crippen molar-refractivity contribution in [2.24, 2.45) is 4.99 Å². The average molecular weight is 469 g/mol. The van der Waals surface area contributed by atoms with E-state index in [0.29, 0.717) is 23.4 Å². The average Bonchev–Trinajstić information content (AvgIpc) is 2.70. The number of carbonyl (C=O) groups excluding carboxylic acids is 2. The number of carbonyl (C=O) groups is 2. The van der Waals surface area contributed by atoms with Gasteiger partial charge < -0.3 is 14.6 Å². The van der Waals surface area contributed by atoms with Crippen molar-refractivity contribution >= 4 is 29.6 Å². The van der Waals surface area contributed by atoms with Crippen LogP contribution in [0.5, 0.6) is 0 Å². The Morgan fingerprint density at radius 3 is 2.03 bits per heavy atom. The van der Waals surface area contributed by atoms with Crippen molar-refractivity contribution in [3.63, 3.8) is 0 Å². The second-order valence-corrected chi connectivity index (χ2v) is 6.82. The highest BCUT2D eigenvalue weighted by atomic mass is 35.5. The first-order chi connectivity index (χ1) is 14.4. The van der Waals surface area contributed by atoms with Gasteiger partial charge in [-0.2, -0.15) is 13.2 Å². The van der Waals surface area contributed by atoms with E-state index in [0.717, 1.165) is 18.1 Å². The van der Waals surface area contributed by atoms with Gasteiger partial charge in [0.05, 0.1) is 6.54 Å². The highest BCUT2D eigenvalue weighted by molar-refractivity contribution is 6.30. The minimum Gasteiger partial charge on any atom is -0.388 e. The van der Waals surface area contributed by atoms with Crippen molar-refractivity contribution < 1.29 is 32.6 Å². The number of methoxy groups -OCH3 is 1. The summed E-state index contributed by atoms with van der Waals surface area (Å²) >= 11 is 5.83. The Hall–Kier alpha value is -1.97. The van der Waals surface area contributed by atoms with Crippen LogP contribution in [0.4, 0.5) is 13.2 Å². The van der Waals surface area contributed by atoms with E-state index in [4.69, 9.17) is 11.6 Å². The van der Waals surface area contributed by atoms with Gasteiger partial charge in [0, 0.05) is 44.2 Å². The quantitative estimate of drug-likeness (QED) is 0.378. The van der Waals surface area contributed by atoms with Crippen LogP contribution in [-0.4, -0.2) is 67.1 Å². The van der Waals surface area contributed by atoms with Crippen molar-refractivity contribution in [3.05, 3.63) is 34.9 Å². The van der Waals surface area contributed by atoms with Crippen molar-refractivity contribution in [2.75, 3.05) is 20.8 Å². The number of amidine groups is 1. The first kappa shape index (κ1) is 31.2. The number of hydrogen-bond donors (Lipinski definition) is 1. The molecule has 0 spiro atoms. The fourth-order valence-electron chi connectivity index (χ4n) is 1.84. The summed E-state index contributed by atoms with van der Waals surface area (Å²) < 4.78 is 42.3. The molecule has 0 heterocycles. The van der Waals surface area contributed by atoms with Gasteiger partial charge in [-0.1, -0.05) is 25.4 Å². The maximum atomic E-state index is 12.7. The Morgan fingerprint density at radius 2 is 1.71 bits per heavy atom. The Labute approximate surface area is 187 Å². The molecule has 1 N–H and O–H groups in total. The second-order valence-electron chi connectivity index (χ2n) is 6.39. The fourth-order valence-corrected chi connectivity index (χ4v) is 1.97. The molecule has 0 aromatic heterocycles. The summed E-state index contributed by atoms with van der Waals surface area (Å²) in [7, 11) is 3.25. The van der Waals surface area contributed by atoms with Crippen LogP contribution in [0.15, 0.2) is 29.3 Å². The molecule has 1 aromatic rings. The monoisotopic (exact) mass is 468 g/mol.